The normalized spacial score (nSPS) is 19.7. The molecule has 0 radical (unpaired) electrons. The Hall–Kier alpha value is -2.57. The van der Waals surface area contributed by atoms with Crippen molar-refractivity contribution in [3.63, 3.8) is 0 Å². The number of piperidine rings is 1. The van der Waals surface area contributed by atoms with Crippen LogP contribution in [0.1, 0.15) is 25.8 Å². The molecule has 3 amide bonds. The summed E-state index contributed by atoms with van der Waals surface area (Å²) in [6.07, 6.45) is 0.568. The summed E-state index contributed by atoms with van der Waals surface area (Å²) in [5, 5.41) is 11.8. The van der Waals surface area contributed by atoms with Gasteiger partial charge in [0.1, 0.15) is 0 Å². The van der Waals surface area contributed by atoms with Crippen molar-refractivity contribution in [3.8, 4) is 0 Å². The van der Waals surface area contributed by atoms with Gasteiger partial charge in [0, 0.05) is 26.2 Å². The Morgan fingerprint density at radius 3 is 2.54 bits per heavy atom. The van der Waals surface area contributed by atoms with E-state index in [-0.39, 0.29) is 30.9 Å². The summed E-state index contributed by atoms with van der Waals surface area (Å²) < 4.78 is 0. The highest BCUT2D eigenvalue weighted by Crippen LogP contribution is 2.21. The highest BCUT2D eigenvalue weighted by molar-refractivity contribution is 5.84. The summed E-state index contributed by atoms with van der Waals surface area (Å²) in [6, 6.07) is 9.29. The molecule has 1 aromatic carbocycles. The number of nitrogens with zero attached hydrogens (tertiary/aromatic N) is 2. The van der Waals surface area contributed by atoms with Gasteiger partial charge in [0.15, 0.2) is 0 Å². The van der Waals surface area contributed by atoms with Gasteiger partial charge in [-0.05, 0) is 24.8 Å². The highest BCUT2D eigenvalue weighted by atomic mass is 16.4. The van der Waals surface area contributed by atoms with Gasteiger partial charge in [-0.15, -0.1) is 0 Å². The molecule has 7 heteroatoms. The molecule has 0 bridgehead atoms. The molecule has 2 rings (SSSR count). The molecule has 0 spiro atoms. The first-order chi connectivity index (χ1) is 12.4. The minimum absolute atomic E-state index is 0.0951. The van der Waals surface area contributed by atoms with E-state index in [0.29, 0.717) is 26.1 Å². The van der Waals surface area contributed by atoms with E-state index in [1.165, 1.54) is 4.90 Å². The van der Waals surface area contributed by atoms with Crippen molar-refractivity contribution in [1.82, 2.24) is 15.1 Å². The Labute approximate surface area is 154 Å². The minimum atomic E-state index is -0.884. The number of rotatable bonds is 6. The third kappa shape index (κ3) is 5.47. The molecular weight excluding hydrogens is 334 g/mol. The smallest absolute Gasteiger partial charge is 0.317 e. The van der Waals surface area contributed by atoms with Crippen LogP contribution in [0.3, 0.4) is 0 Å². The lowest BCUT2D eigenvalue weighted by atomic mass is 9.91. The van der Waals surface area contributed by atoms with Gasteiger partial charge < -0.3 is 20.2 Å². The second-order valence-electron chi connectivity index (χ2n) is 6.83. The van der Waals surface area contributed by atoms with E-state index in [0.717, 1.165) is 5.56 Å². The molecule has 2 unspecified atom stereocenters. The molecule has 1 heterocycles. The summed E-state index contributed by atoms with van der Waals surface area (Å²) in [5.74, 6) is -1.48. The number of hydrogen-bond donors (Lipinski definition) is 2. The third-order valence-electron chi connectivity index (χ3n) is 4.64. The monoisotopic (exact) mass is 361 g/mol. The molecule has 26 heavy (non-hydrogen) atoms. The van der Waals surface area contributed by atoms with Crippen molar-refractivity contribution >= 4 is 17.9 Å². The van der Waals surface area contributed by atoms with Gasteiger partial charge in [0.25, 0.3) is 0 Å². The maximum atomic E-state index is 12.4. The first-order valence-corrected chi connectivity index (χ1v) is 8.98. The number of nitrogens with one attached hydrogen (secondary N) is 1. The van der Waals surface area contributed by atoms with Crippen LogP contribution in [0.5, 0.6) is 0 Å². The number of carboxylic acid groups (broad SMARTS) is 1. The lowest BCUT2D eigenvalue weighted by Crippen LogP contribution is -2.51. The van der Waals surface area contributed by atoms with Crippen molar-refractivity contribution in [2.24, 2.45) is 11.8 Å². The van der Waals surface area contributed by atoms with Crippen LogP contribution in [0.15, 0.2) is 30.3 Å². The fourth-order valence-corrected chi connectivity index (χ4v) is 3.25. The largest absolute Gasteiger partial charge is 0.481 e. The molecule has 1 aliphatic heterocycles. The number of hydrogen-bond acceptors (Lipinski definition) is 3. The van der Waals surface area contributed by atoms with Crippen LogP contribution in [0.4, 0.5) is 4.79 Å². The molecule has 7 nitrogen and oxygen atoms in total. The second-order valence-corrected chi connectivity index (χ2v) is 6.83. The molecule has 142 valence electrons. The number of amides is 3. The molecular formula is C19H27N3O4. The predicted molar refractivity (Wildman–Crippen MR) is 97.4 cm³/mol. The highest BCUT2D eigenvalue weighted by Gasteiger charge is 2.32. The van der Waals surface area contributed by atoms with Crippen LogP contribution in [0, 0.1) is 11.8 Å². The zero-order valence-electron chi connectivity index (χ0n) is 15.4. The number of likely N-dealkylation sites (tertiary alicyclic amines) is 1. The fourth-order valence-electron chi connectivity index (χ4n) is 3.25. The Balaban J connectivity index is 1.86. The quantitative estimate of drug-likeness (QED) is 0.808. The Morgan fingerprint density at radius 1 is 1.23 bits per heavy atom. The lowest BCUT2D eigenvalue weighted by molar-refractivity contribution is -0.143. The van der Waals surface area contributed by atoms with Crippen LogP contribution in [0.2, 0.25) is 0 Å². The van der Waals surface area contributed by atoms with Crippen LogP contribution in [-0.2, 0) is 16.1 Å². The van der Waals surface area contributed by atoms with Crippen molar-refractivity contribution in [2.75, 3.05) is 26.2 Å². The molecule has 1 aromatic rings. The van der Waals surface area contributed by atoms with Gasteiger partial charge in [-0.25, -0.2) is 4.79 Å². The molecule has 0 aromatic heterocycles. The van der Waals surface area contributed by atoms with Gasteiger partial charge in [-0.1, -0.05) is 37.3 Å². The third-order valence-corrected chi connectivity index (χ3v) is 4.64. The number of likely N-dealkylation sites (N-methyl/N-ethyl adjacent to an activating group) is 1. The Bertz CT molecular complexity index is 635. The fraction of sp³-hybridized carbons (Fsp3) is 0.526. The number of aliphatic carboxylic acids is 1. The first-order valence-electron chi connectivity index (χ1n) is 8.98. The average molecular weight is 361 g/mol. The summed E-state index contributed by atoms with van der Waals surface area (Å²) in [6.45, 7) is 5.46. The Morgan fingerprint density at radius 2 is 1.92 bits per heavy atom. The molecule has 1 fully saturated rings. The van der Waals surface area contributed by atoms with Gasteiger partial charge in [-0.3, -0.25) is 9.59 Å². The number of carbonyl (C=O) groups excluding carboxylic acids is 2. The average Bonchev–Trinajstić information content (AvgIpc) is 2.64. The van der Waals surface area contributed by atoms with Crippen LogP contribution < -0.4 is 5.32 Å². The number of urea groups is 1. The van der Waals surface area contributed by atoms with Gasteiger partial charge in [-0.2, -0.15) is 0 Å². The minimum Gasteiger partial charge on any atom is -0.481 e. The number of carboxylic acids is 1. The van der Waals surface area contributed by atoms with Crippen LogP contribution in [-0.4, -0.2) is 59.0 Å². The zero-order chi connectivity index (χ0) is 19.1. The summed E-state index contributed by atoms with van der Waals surface area (Å²) in [7, 11) is 0. The van der Waals surface area contributed by atoms with Crippen LogP contribution in [0.25, 0.3) is 0 Å². The summed E-state index contributed by atoms with van der Waals surface area (Å²) in [4.78, 5) is 39.1. The Kier molecular flexibility index (Phi) is 7.00. The first kappa shape index (κ1) is 19.8. The number of benzene rings is 1. The topological polar surface area (TPSA) is 90.0 Å². The van der Waals surface area contributed by atoms with E-state index >= 15 is 0 Å². The summed E-state index contributed by atoms with van der Waals surface area (Å²) in [5.41, 5.74) is 1.03. The van der Waals surface area contributed by atoms with Crippen molar-refractivity contribution in [2.45, 2.75) is 26.8 Å². The molecule has 1 aliphatic rings. The van der Waals surface area contributed by atoms with Gasteiger partial charge in [0.05, 0.1) is 12.5 Å². The van der Waals surface area contributed by atoms with Gasteiger partial charge >= 0.3 is 12.0 Å². The van der Waals surface area contributed by atoms with E-state index in [2.05, 4.69) is 5.32 Å². The predicted octanol–water partition coefficient (Wildman–Crippen LogP) is 1.79. The van der Waals surface area contributed by atoms with E-state index in [9.17, 15) is 19.5 Å². The molecule has 0 aliphatic carbocycles. The molecule has 0 saturated carbocycles. The SMILES string of the molecule is CCN(Cc1ccccc1)C(=O)CNC(=O)N1CC(C)CC(C(=O)O)C1. The van der Waals surface area contributed by atoms with E-state index in [1.54, 1.807) is 4.90 Å². The van der Waals surface area contributed by atoms with E-state index in [1.807, 2.05) is 44.2 Å². The van der Waals surface area contributed by atoms with E-state index < -0.39 is 11.9 Å². The van der Waals surface area contributed by atoms with Crippen LogP contribution >= 0.6 is 0 Å². The second kappa shape index (κ2) is 9.22. The van der Waals surface area contributed by atoms with Gasteiger partial charge in [0.2, 0.25) is 5.91 Å². The maximum absolute atomic E-state index is 12.4. The van der Waals surface area contributed by atoms with Crippen molar-refractivity contribution in [1.29, 1.82) is 0 Å². The molecule has 2 N–H and O–H groups in total. The zero-order valence-corrected chi connectivity index (χ0v) is 15.4. The molecule has 1 saturated heterocycles. The van der Waals surface area contributed by atoms with E-state index in [4.69, 9.17) is 0 Å². The van der Waals surface area contributed by atoms with Crippen molar-refractivity contribution in [3.05, 3.63) is 35.9 Å². The number of carbonyl (C=O) groups is 3. The summed E-state index contributed by atoms with van der Waals surface area (Å²) >= 11 is 0. The standard InChI is InChI=1S/C19H27N3O4/c1-3-21(12-15-7-5-4-6-8-15)17(23)10-20-19(26)22-11-14(2)9-16(13-22)18(24)25/h4-8,14,16H,3,9-13H2,1-2H3,(H,20,26)(H,24,25). The van der Waals surface area contributed by atoms with Crippen molar-refractivity contribution < 1.29 is 19.5 Å². The lowest BCUT2D eigenvalue weighted by Gasteiger charge is -2.34. The maximum Gasteiger partial charge on any atom is 0.317 e. The molecule has 2 atom stereocenters.